The average Bonchev–Trinajstić information content (AvgIpc) is 2.56. The van der Waals surface area contributed by atoms with Gasteiger partial charge in [-0.1, -0.05) is 11.6 Å². The van der Waals surface area contributed by atoms with Crippen molar-refractivity contribution in [1.82, 2.24) is 9.88 Å². The van der Waals surface area contributed by atoms with Crippen molar-refractivity contribution in [2.45, 2.75) is 33.2 Å². The SMILES string of the molecule is CNC(C)(C)c1cn(C)c2c(C)cc(C)cc12. The largest absolute Gasteiger partial charge is 0.350 e. The summed E-state index contributed by atoms with van der Waals surface area (Å²) in [6.45, 7) is 8.79. The lowest BCUT2D eigenvalue weighted by molar-refractivity contribution is 0.447. The highest BCUT2D eigenvalue weighted by molar-refractivity contribution is 5.88. The van der Waals surface area contributed by atoms with Crippen LogP contribution >= 0.6 is 0 Å². The van der Waals surface area contributed by atoms with E-state index >= 15 is 0 Å². The summed E-state index contributed by atoms with van der Waals surface area (Å²) in [5.74, 6) is 0. The number of hydrogen-bond acceptors (Lipinski definition) is 1. The first kappa shape index (κ1) is 12.2. The first-order valence-electron chi connectivity index (χ1n) is 6.12. The average molecular weight is 230 g/mol. The van der Waals surface area contributed by atoms with Gasteiger partial charge in [-0.15, -0.1) is 0 Å². The molecule has 1 heterocycles. The Bertz CT molecular complexity index is 562. The molecular formula is C15H22N2. The topological polar surface area (TPSA) is 17.0 Å². The summed E-state index contributed by atoms with van der Waals surface area (Å²) in [5, 5.41) is 4.75. The molecule has 0 unspecified atom stereocenters. The van der Waals surface area contributed by atoms with Gasteiger partial charge in [0, 0.05) is 24.2 Å². The maximum Gasteiger partial charge on any atom is 0.0511 e. The molecule has 92 valence electrons. The van der Waals surface area contributed by atoms with Crippen LogP contribution in [0.3, 0.4) is 0 Å². The van der Waals surface area contributed by atoms with Crippen molar-refractivity contribution in [3.8, 4) is 0 Å². The van der Waals surface area contributed by atoms with Crippen molar-refractivity contribution in [3.63, 3.8) is 0 Å². The van der Waals surface area contributed by atoms with Crippen LogP contribution < -0.4 is 5.32 Å². The number of aryl methyl sites for hydroxylation is 3. The second-order valence-electron chi connectivity index (χ2n) is 5.51. The van der Waals surface area contributed by atoms with E-state index < -0.39 is 0 Å². The Morgan fingerprint density at radius 1 is 1.18 bits per heavy atom. The Kier molecular flexibility index (Phi) is 2.78. The molecule has 0 atom stereocenters. The second-order valence-corrected chi connectivity index (χ2v) is 5.51. The molecule has 0 aliphatic heterocycles. The second kappa shape index (κ2) is 3.88. The molecule has 0 saturated carbocycles. The monoisotopic (exact) mass is 230 g/mol. The molecule has 0 spiro atoms. The van der Waals surface area contributed by atoms with E-state index in [1.54, 1.807) is 0 Å². The predicted molar refractivity (Wildman–Crippen MR) is 74.5 cm³/mol. The lowest BCUT2D eigenvalue weighted by Crippen LogP contribution is -2.32. The Hall–Kier alpha value is -1.28. The van der Waals surface area contributed by atoms with Crippen molar-refractivity contribution in [2.24, 2.45) is 7.05 Å². The van der Waals surface area contributed by atoms with Gasteiger partial charge in [0.2, 0.25) is 0 Å². The van der Waals surface area contributed by atoms with E-state index in [4.69, 9.17) is 0 Å². The number of nitrogens with zero attached hydrogens (tertiary/aromatic N) is 1. The van der Waals surface area contributed by atoms with E-state index in [0.29, 0.717) is 0 Å². The molecular weight excluding hydrogens is 208 g/mol. The van der Waals surface area contributed by atoms with Gasteiger partial charge in [0.05, 0.1) is 5.52 Å². The summed E-state index contributed by atoms with van der Waals surface area (Å²) < 4.78 is 2.23. The van der Waals surface area contributed by atoms with Crippen molar-refractivity contribution >= 4 is 10.9 Å². The molecule has 0 bridgehead atoms. The number of benzene rings is 1. The minimum absolute atomic E-state index is 0.000255. The fourth-order valence-electron chi connectivity index (χ4n) is 2.59. The third kappa shape index (κ3) is 1.87. The molecule has 0 radical (unpaired) electrons. The fraction of sp³-hybridized carbons (Fsp3) is 0.467. The summed E-state index contributed by atoms with van der Waals surface area (Å²) in [6, 6.07) is 4.54. The van der Waals surface area contributed by atoms with Crippen LogP contribution in [-0.4, -0.2) is 11.6 Å². The highest BCUT2D eigenvalue weighted by Gasteiger charge is 2.23. The van der Waals surface area contributed by atoms with Gasteiger partial charge < -0.3 is 9.88 Å². The Morgan fingerprint density at radius 3 is 2.41 bits per heavy atom. The van der Waals surface area contributed by atoms with Gasteiger partial charge in [-0.3, -0.25) is 0 Å². The van der Waals surface area contributed by atoms with E-state index in [-0.39, 0.29) is 5.54 Å². The van der Waals surface area contributed by atoms with Crippen molar-refractivity contribution in [1.29, 1.82) is 0 Å². The van der Waals surface area contributed by atoms with Crippen molar-refractivity contribution in [3.05, 3.63) is 35.0 Å². The fourth-order valence-corrected chi connectivity index (χ4v) is 2.59. The molecule has 0 saturated heterocycles. The highest BCUT2D eigenvalue weighted by Crippen LogP contribution is 2.32. The predicted octanol–water partition coefficient (Wildman–Crippen LogP) is 3.25. The van der Waals surface area contributed by atoms with Gasteiger partial charge in [0.1, 0.15) is 0 Å². The van der Waals surface area contributed by atoms with Crippen LogP contribution in [0.2, 0.25) is 0 Å². The number of rotatable bonds is 2. The van der Waals surface area contributed by atoms with Crippen LogP contribution in [0.25, 0.3) is 10.9 Å². The van der Waals surface area contributed by atoms with E-state index in [0.717, 1.165) is 0 Å². The minimum Gasteiger partial charge on any atom is -0.350 e. The van der Waals surface area contributed by atoms with Gasteiger partial charge in [-0.2, -0.15) is 0 Å². The third-order valence-electron chi connectivity index (χ3n) is 3.71. The third-order valence-corrected chi connectivity index (χ3v) is 3.71. The zero-order chi connectivity index (χ0) is 12.8. The normalized spacial score (nSPS) is 12.4. The molecule has 2 nitrogen and oxygen atoms in total. The van der Waals surface area contributed by atoms with Crippen LogP contribution in [0, 0.1) is 13.8 Å². The van der Waals surface area contributed by atoms with Crippen LogP contribution in [0.4, 0.5) is 0 Å². The number of nitrogens with one attached hydrogen (secondary N) is 1. The first-order chi connectivity index (χ1) is 7.86. The van der Waals surface area contributed by atoms with Crippen molar-refractivity contribution < 1.29 is 0 Å². The Balaban J connectivity index is 2.83. The smallest absolute Gasteiger partial charge is 0.0511 e. The van der Waals surface area contributed by atoms with Crippen LogP contribution in [0.1, 0.15) is 30.5 Å². The molecule has 17 heavy (non-hydrogen) atoms. The van der Waals surface area contributed by atoms with Gasteiger partial charge >= 0.3 is 0 Å². The van der Waals surface area contributed by atoms with Gasteiger partial charge in [0.15, 0.2) is 0 Å². The molecule has 1 aromatic heterocycles. The molecule has 1 aromatic carbocycles. The molecule has 0 aliphatic rings. The molecule has 0 amide bonds. The van der Waals surface area contributed by atoms with E-state index in [1.807, 2.05) is 7.05 Å². The minimum atomic E-state index is -0.000255. The maximum absolute atomic E-state index is 3.39. The standard InChI is InChI=1S/C15H22N2/c1-10-7-11(2)14-12(8-10)13(9-17(14)6)15(3,4)16-5/h7-9,16H,1-6H3. The van der Waals surface area contributed by atoms with Crippen LogP contribution in [0.5, 0.6) is 0 Å². The van der Waals surface area contributed by atoms with Crippen LogP contribution in [0.15, 0.2) is 18.3 Å². The molecule has 2 aromatic rings. The lowest BCUT2D eigenvalue weighted by Gasteiger charge is -2.23. The molecule has 2 heteroatoms. The molecule has 1 N–H and O–H groups in total. The summed E-state index contributed by atoms with van der Waals surface area (Å²) in [5.41, 5.74) is 5.38. The number of hydrogen-bond donors (Lipinski definition) is 1. The quantitative estimate of drug-likeness (QED) is 0.838. The Morgan fingerprint density at radius 2 is 1.82 bits per heavy atom. The lowest BCUT2D eigenvalue weighted by atomic mass is 9.93. The first-order valence-corrected chi connectivity index (χ1v) is 6.12. The van der Waals surface area contributed by atoms with Gasteiger partial charge in [-0.05, 0) is 51.9 Å². The number of aromatic nitrogens is 1. The van der Waals surface area contributed by atoms with Crippen LogP contribution in [-0.2, 0) is 12.6 Å². The molecule has 2 rings (SSSR count). The summed E-state index contributed by atoms with van der Waals surface area (Å²) in [7, 11) is 4.14. The van der Waals surface area contributed by atoms with E-state index in [9.17, 15) is 0 Å². The highest BCUT2D eigenvalue weighted by atomic mass is 15.0. The zero-order valence-corrected chi connectivity index (χ0v) is 11.7. The van der Waals surface area contributed by atoms with E-state index in [2.05, 4.69) is 63.0 Å². The zero-order valence-electron chi connectivity index (χ0n) is 11.7. The Labute approximate surface area is 104 Å². The van der Waals surface area contributed by atoms with Gasteiger partial charge in [0.25, 0.3) is 0 Å². The summed E-state index contributed by atoms with van der Waals surface area (Å²) >= 11 is 0. The summed E-state index contributed by atoms with van der Waals surface area (Å²) in [4.78, 5) is 0. The van der Waals surface area contributed by atoms with E-state index in [1.165, 1.54) is 27.6 Å². The molecule has 0 fully saturated rings. The maximum atomic E-state index is 3.39. The number of fused-ring (bicyclic) bond motifs is 1. The molecule has 0 aliphatic carbocycles. The summed E-state index contributed by atoms with van der Waals surface area (Å²) in [6.07, 6.45) is 2.24. The van der Waals surface area contributed by atoms with Gasteiger partial charge in [-0.25, -0.2) is 0 Å². The van der Waals surface area contributed by atoms with Crippen molar-refractivity contribution in [2.75, 3.05) is 7.05 Å².